The summed E-state index contributed by atoms with van der Waals surface area (Å²) >= 11 is 0. The van der Waals surface area contributed by atoms with Gasteiger partial charge in [0.25, 0.3) is 5.92 Å². The van der Waals surface area contributed by atoms with Crippen molar-refractivity contribution in [2.45, 2.75) is 24.9 Å². The lowest BCUT2D eigenvalue weighted by Gasteiger charge is -2.32. The fourth-order valence-corrected chi connectivity index (χ4v) is 3.21. The monoisotopic (exact) mass is 252 g/mol. The number of fused-ring (bicyclic) bond motifs is 1. The number of nitrogens with one attached hydrogen (secondary N) is 1. The van der Waals surface area contributed by atoms with Gasteiger partial charge < -0.3 is 5.32 Å². The van der Waals surface area contributed by atoms with E-state index in [1.807, 2.05) is 35.2 Å². The summed E-state index contributed by atoms with van der Waals surface area (Å²) in [5.41, 5.74) is 1.11. The van der Waals surface area contributed by atoms with Crippen molar-refractivity contribution in [3.8, 4) is 0 Å². The summed E-state index contributed by atoms with van der Waals surface area (Å²) in [6.07, 6.45) is 0.586. The molecule has 0 saturated carbocycles. The first kappa shape index (κ1) is 12.1. The number of halogens is 2. The van der Waals surface area contributed by atoms with E-state index in [2.05, 4.69) is 5.32 Å². The molecule has 0 bridgehead atoms. The number of rotatable bonds is 2. The van der Waals surface area contributed by atoms with Crippen LogP contribution in [-0.4, -0.2) is 36.5 Å². The Kier molecular flexibility index (Phi) is 3.08. The topological polar surface area (TPSA) is 15.3 Å². The van der Waals surface area contributed by atoms with E-state index in [0.717, 1.165) is 12.1 Å². The van der Waals surface area contributed by atoms with E-state index >= 15 is 0 Å². The van der Waals surface area contributed by atoms with Crippen LogP contribution in [0.2, 0.25) is 0 Å². The number of alkyl halides is 2. The molecule has 2 saturated heterocycles. The van der Waals surface area contributed by atoms with Crippen molar-refractivity contribution in [1.29, 1.82) is 0 Å². The summed E-state index contributed by atoms with van der Waals surface area (Å²) in [5, 5.41) is 3.23. The molecule has 2 aliphatic heterocycles. The Hall–Kier alpha value is -1.00. The van der Waals surface area contributed by atoms with E-state index in [4.69, 9.17) is 0 Å². The van der Waals surface area contributed by atoms with E-state index < -0.39 is 11.8 Å². The minimum absolute atomic E-state index is 0.0195. The van der Waals surface area contributed by atoms with Gasteiger partial charge in [-0.3, -0.25) is 4.90 Å². The molecule has 0 spiro atoms. The van der Waals surface area contributed by atoms with Gasteiger partial charge in [0.1, 0.15) is 0 Å². The van der Waals surface area contributed by atoms with Gasteiger partial charge in [0.05, 0.1) is 6.54 Å². The van der Waals surface area contributed by atoms with Crippen LogP contribution in [0.25, 0.3) is 0 Å². The molecule has 4 heteroatoms. The zero-order chi connectivity index (χ0) is 12.6. The Labute approximate surface area is 106 Å². The lowest BCUT2D eigenvalue weighted by atomic mass is 9.91. The third-order valence-corrected chi connectivity index (χ3v) is 4.10. The Bertz CT molecular complexity index is 408. The van der Waals surface area contributed by atoms with Gasteiger partial charge in [-0.25, -0.2) is 8.78 Å². The number of likely N-dealkylation sites (tertiary alicyclic amines) is 1. The highest BCUT2D eigenvalue weighted by Crippen LogP contribution is 2.41. The fraction of sp³-hybridized carbons (Fsp3) is 0.571. The molecule has 0 amide bonds. The molecule has 18 heavy (non-hydrogen) atoms. The van der Waals surface area contributed by atoms with Crippen molar-refractivity contribution in [2.75, 3.05) is 19.6 Å². The van der Waals surface area contributed by atoms with E-state index in [0.29, 0.717) is 19.5 Å². The van der Waals surface area contributed by atoms with Crippen LogP contribution in [0.5, 0.6) is 0 Å². The molecule has 1 aromatic carbocycles. The maximum atomic E-state index is 14.0. The molecule has 3 rings (SSSR count). The maximum Gasteiger partial charge on any atom is 0.264 e. The minimum atomic E-state index is -2.53. The predicted molar refractivity (Wildman–Crippen MR) is 66.6 cm³/mol. The average molecular weight is 252 g/mol. The largest absolute Gasteiger partial charge is 0.315 e. The van der Waals surface area contributed by atoms with Gasteiger partial charge in [-0.2, -0.15) is 0 Å². The van der Waals surface area contributed by atoms with Crippen molar-refractivity contribution < 1.29 is 8.78 Å². The summed E-state index contributed by atoms with van der Waals surface area (Å²) in [6, 6.07) is 9.85. The number of piperidine rings is 1. The van der Waals surface area contributed by atoms with Gasteiger partial charge in [0.15, 0.2) is 0 Å². The van der Waals surface area contributed by atoms with Crippen LogP contribution in [-0.2, 0) is 6.54 Å². The first-order chi connectivity index (χ1) is 8.67. The van der Waals surface area contributed by atoms with Gasteiger partial charge in [0.2, 0.25) is 0 Å². The Morgan fingerprint density at radius 2 is 2.06 bits per heavy atom. The van der Waals surface area contributed by atoms with Gasteiger partial charge in [-0.05, 0) is 18.5 Å². The van der Waals surface area contributed by atoms with Gasteiger partial charge in [-0.15, -0.1) is 0 Å². The van der Waals surface area contributed by atoms with Crippen molar-refractivity contribution in [3.05, 3.63) is 35.9 Å². The summed E-state index contributed by atoms with van der Waals surface area (Å²) in [5.74, 6) is -3.00. The van der Waals surface area contributed by atoms with Crippen LogP contribution in [0.3, 0.4) is 0 Å². The summed E-state index contributed by atoms with van der Waals surface area (Å²) < 4.78 is 27.9. The van der Waals surface area contributed by atoms with Crippen LogP contribution in [0.1, 0.15) is 12.0 Å². The highest BCUT2D eigenvalue weighted by Gasteiger charge is 2.54. The molecule has 2 nitrogen and oxygen atoms in total. The van der Waals surface area contributed by atoms with Crippen LogP contribution >= 0.6 is 0 Å². The first-order valence-corrected chi connectivity index (χ1v) is 6.53. The fourth-order valence-electron chi connectivity index (χ4n) is 3.21. The SMILES string of the molecule is FC1(F)CN(Cc2ccccc2)[C@@H]2CNCC[C@@H]21. The summed E-state index contributed by atoms with van der Waals surface area (Å²) in [4.78, 5) is 1.94. The molecule has 2 fully saturated rings. The van der Waals surface area contributed by atoms with Crippen LogP contribution < -0.4 is 5.32 Å². The third-order valence-electron chi connectivity index (χ3n) is 4.10. The Morgan fingerprint density at radius 1 is 1.28 bits per heavy atom. The molecule has 1 aromatic rings. The average Bonchev–Trinajstić information content (AvgIpc) is 2.63. The Morgan fingerprint density at radius 3 is 2.83 bits per heavy atom. The molecule has 0 unspecified atom stereocenters. The second-order valence-corrected chi connectivity index (χ2v) is 5.32. The molecule has 0 aliphatic carbocycles. The lowest BCUT2D eigenvalue weighted by molar-refractivity contribution is -0.0358. The zero-order valence-corrected chi connectivity index (χ0v) is 10.3. The normalized spacial score (nSPS) is 31.2. The summed E-state index contributed by atoms with van der Waals surface area (Å²) in [7, 11) is 0. The van der Waals surface area contributed by atoms with Gasteiger partial charge in [-0.1, -0.05) is 30.3 Å². The predicted octanol–water partition coefficient (Wildman–Crippen LogP) is 2.12. The maximum absolute atomic E-state index is 14.0. The molecular weight excluding hydrogens is 234 g/mol. The smallest absolute Gasteiger partial charge is 0.264 e. The molecule has 0 radical (unpaired) electrons. The third kappa shape index (κ3) is 2.15. The van der Waals surface area contributed by atoms with Crippen LogP contribution in [0.15, 0.2) is 30.3 Å². The Balaban J connectivity index is 1.77. The van der Waals surface area contributed by atoms with E-state index in [1.54, 1.807) is 0 Å². The molecule has 0 aromatic heterocycles. The van der Waals surface area contributed by atoms with E-state index in [9.17, 15) is 8.78 Å². The van der Waals surface area contributed by atoms with Crippen molar-refractivity contribution >= 4 is 0 Å². The van der Waals surface area contributed by atoms with Crippen LogP contribution in [0.4, 0.5) is 8.78 Å². The molecular formula is C14H18F2N2. The zero-order valence-electron chi connectivity index (χ0n) is 10.3. The van der Waals surface area contributed by atoms with Crippen molar-refractivity contribution in [1.82, 2.24) is 10.2 Å². The van der Waals surface area contributed by atoms with Crippen molar-refractivity contribution in [3.63, 3.8) is 0 Å². The first-order valence-electron chi connectivity index (χ1n) is 6.53. The van der Waals surface area contributed by atoms with Crippen LogP contribution in [0, 0.1) is 5.92 Å². The van der Waals surface area contributed by atoms with Gasteiger partial charge >= 0.3 is 0 Å². The second-order valence-electron chi connectivity index (χ2n) is 5.32. The number of hydrogen-bond donors (Lipinski definition) is 1. The summed E-state index contributed by atoms with van der Waals surface area (Å²) in [6.45, 7) is 1.93. The molecule has 2 atom stereocenters. The van der Waals surface area contributed by atoms with E-state index in [1.165, 1.54) is 0 Å². The molecule has 1 N–H and O–H groups in total. The quantitative estimate of drug-likeness (QED) is 0.867. The van der Waals surface area contributed by atoms with Gasteiger partial charge in [0, 0.05) is 25.0 Å². The standard InChI is InChI=1S/C14H18F2N2/c15-14(16)10-18(9-11-4-2-1-3-5-11)13-8-17-7-6-12(13)14/h1-5,12-13,17H,6-10H2/t12-,13+/m0/s1. The molecule has 2 heterocycles. The highest BCUT2D eigenvalue weighted by molar-refractivity contribution is 5.16. The molecule has 2 aliphatic rings. The number of hydrogen-bond acceptors (Lipinski definition) is 2. The number of benzene rings is 1. The van der Waals surface area contributed by atoms with Crippen molar-refractivity contribution in [2.24, 2.45) is 5.92 Å². The number of nitrogens with zero attached hydrogens (tertiary/aromatic N) is 1. The second kappa shape index (κ2) is 4.59. The highest BCUT2D eigenvalue weighted by atomic mass is 19.3. The van der Waals surface area contributed by atoms with E-state index in [-0.39, 0.29) is 12.6 Å². The lowest BCUT2D eigenvalue weighted by Crippen LogP contribution is -2.46. The minimum Gasteiger partial charge on any atom is -0.315 e. The molecule has 98 valence electrons.